The van der Waals surface area contributed by atoms with Crippen LogP contribution in [0, 0.1) is 55.4 Å². The first kappa shape index (κ1) is 32.8. The first-order valence-electron chi connectivity index (χ1n) is 10.9. The first-order valence-corrected chi connectivity index (χ1v) is 15.2. The third-order valence-electron chi connectivity index (χ3n) is 4.05. The quantitative estimate of drug-likeness (QED) is 0.191. The maximum atomic E-state index is 4.83. The minimum absolute atomic E-state index is 0.226. The SMILES string of the molecule is Cc1cncc(C)c1.Cc1cncc(C)c1.Cc1cncc(C)c1.Cc1cncc(C)c1.[Cl][Rh][Cl]. The molecule has 0 aliphatic heterocycles. The topological polar surface area (TPSA) is 51.6 Å². The molecule has 0 saturated carbocycles. The van der Waals surface area contributed by atoms with Gasteiger partial charge in [-0.25, -0.2) is 0 Å². The summed E-state index contributed by atoms with van der Waals surface area (Å²) in [6.07, 6.45) is 14.8. The number of nitrogens with zero attached hydrogens (tertiary/aromatic N) is 4. The van der Waals surface area contributed by atoms with Crippen LogP contribution < -0.4 is 0 Å². The van der Waals surface area contributed by atoms with Gasteiger partial charge in [0.1, 0.15) is 0 Å². The number of hydrogen-bond donors (Lipinski definition) is 0. The standard InChI is InChI=1S/4C7H9N.2ClH.Rh/c4*1-6-3-7(2)5-8-4-6;;;/h4*3-5H,1-2H3;2*1H;/q;;;;;;+2/p-2. The molecule has 0 N–H and O–H groups in total. The summed E-state index contributed by atoms with van der Waals surface area (Å²) in [6.45, 7) is 16.3. The van der Waals surface area contributed by atoms with Crippen LogP contribution in [0.25, 0.3) is 0 Å². The Kier molecular flexibility index (Phi) is 18.8. The average molecular weight is 602 g/mol. The van der Waals surface area contributed by atoms with Gasteiger partial charge in [0, 0.05) is 49.6 Å². The Labute approximate surface area is 227 Å². The van der Waals surface area contributed by atoms with Crippen molar-refractivity contribution in [3.63, 3.8) is 0 Å². The van der Waals surface area contributed by atoms with Gasteiger partial charge < -0.3 is 0 Å². The van der Waals surface area contributed by atoms with Crippen molar-refractivity contribution in [2.24, 2.45) is 0 Å². The van der Waals surface area contributed by atoms with E-state index in [0.29, 0.717) is 0 Å². The summed E-state index contributed by atoms with van der Waals surface area (Å²) >= 11 is -0.226. The van der Waals surface area contributed by atoms with E-state index in [0.717, 1.165) is 0 Å². The summed E-state index contributed by atoms with van der Waals surface area (Å²) in [4.78, 5) is 15.9. The van der Waals surface area contributed by atoms with Gasteiger partial charge in [0.2, 0.25) is 0 Å². The molecule has 0 atom stereocenters. The van der Waals surface area contributed by atoms with E-state index >= 15 is 0 Å². The molecule has 0 amide bonds. The third-order valence-corrected chi connectivity index (χ3v) is 4.05. The molecule has 0 radical (unpaired) electrons. The minimum atomic E-state index is -0.226. The van der Waals surface area contributed by atoms with Crippen molar-refractivity contribution >= 4 is 19.4 Å². The fourth-order valence-corrected chi connectivity index (χ4v) is 2.82. The molecule has 0 aliphatic rings. The maximum absolute atomic E-state index is 4.83. The third kappa shape index (κ3) is 19.8. The van der Waals surface area contributed by atoms with Crippen molar-refractivity contribution in [1.82, 2.24) is 19.9 Å². The molecular weight excluding hydrogens is 566 g/mol. The molecule has 0 fully saturated rings. The van der Waals surface area contributed by atoms with Crippen LogP contribution in [-0.4, -0.2) is 19.9 Å². The molecule has 4 nitrogen and oxygen atoms in total. The van der Waals surface area contributed by atoms with Gasteiger partial charge in [0.05, 0.1) is 0 Å². The van der Waals surface area contributed by atoms with E-state index in [-0.39, 0.29) is 15.1 Å². The number of aryl methyl sites for hydroxylation is 8. The molecule has 4 heterocycles. The summed E-state index contributed by atoms with van der Waals surface area (Å²) in [5.74, 6) is 0. The zero-order chi connectivity index (χ0) is 26.6. The molecule has 0 spiro atoms. The Morgan fingerprint density at radius 2 is 0.486 bits per heavy atom. The zero-order valence-corrected chi connectivity index (χ0v) is 25.0. The summed E-state index contributed by atoms with van der Waals surface area (Å²) in [5, 5.41) is 0. The number of aromatic nitrogens is 4. The van der Waals surface area contributed by atoms with Crippen LogP contribution in [0.5, 0.6) is 0 Å². The summed E-state index contributed by atoms with van der Waals surface area (Å²) in [7, 11) is 9.67. The van der Waals surface area contributed by atoms with Crippen molar-refractivity contribution in [3.05, 3.63) is 118 Å². The summed E-state index contributed by atoms with van der Waals surface area (Å²) in [5.41, 5.74) is 9.81. The monoisotopic (exact) mass is 601 g/mol. The van der Waals surface area contributed by atoms with Crippen LogP contribution in [0.4, 0.5) is 0 Å². The molecule has 0 saturated heterocycles. The fraction of sp³-hybridized carbons (Fsp3) is 0.286. The fourth-order valence-electron chi connectivity index (χ4n) is 2.82. The zero-order valence-electron chi connectivity index (χ0n) is 21.8. The van der Waals surface area contributed by atoms with Crippen LogP contribution in [-0.2, 0) is 15.1 Å². The Morgan fingerprint density at radius 1 is 0.371 bits per heavy atom. The van der Waals surface area contributed by atoms with Crippen LogP contribution in [0.3, 0.4) is 0 Å². The number of rotatable bonds is 0. The van der Waals surface area contributed by atoms with Gasteiger partial charge in [0.25, 0.3) is 0 Å². The van der Waals surface area contributed by atoms with E-state index in [1.165, 1.54) is 44.5 Å². The van der Waals surface area contributed by atoms with Crippen molar-refractivity contribution < 1.29 is 15.1 Å². The van der Waals surface area contributed by atoms with E-state index in [2.05, 4.69) is 44.2 Å². The van der Waals surface area contributed by atoms with Crippen molar-refractivity contribution in [2.75, 3.05) is 0 Å². The number of pyridine rings is 4. The van der Waals surface area contributed by atoms with Gasteiger partial charge >= 0.3 is 34.5 Å². The first-order chi connectivity index (χ1) is 16.6. The van der Waals surface area contributed by atoms with E-state index in [4.69, 9.17) is 19.4 Å². The average Bonchev–Trinajstić information content (AvgIpc) is 2.75. The van der Waals surface area contributed by atoms with Gasteiger partial charge in [-0.15, -0.1) is 0 Å². The number of hydrogen-bond acceptors (Lipinski definition) is 4. The Hall–Kier alpha value is -2.20. The second-order valence-electron chi connectivity index (χ2n) is 8.21. The van der Waals surface area contributed by atoms with E-state index in [1.54, 1.807) is 0 Å². The van der Waals surface area contributed by atoms with Crippen molar-refractivity contribution in [2.45, 2.75) is 55.4 Å². The summed E-state index contributed by atoms with van der Waals surface area (Å²) < 4.78 is 0. The predicted molar refractivity (Wildman–Crippen MR) is 147 cm³/mol. The molecule has 4 aromatic heterocycles. The Morgan fingerprint density at radius 3 is 0.543 bits per heavy atom. The van der Waals surface area contributed by atoms with Crippen molar-refractivity contribution in [1.29, 1.82) is 0 Å². The van der Waals surface area contributed by atoms with E-state index < -0.39 is 0 Å². The van der Waals surface area contributed by atoms with Gasteiger partial charge in [-0.2, -0.15) is 0 Å². The van der Waals surface area contributed by atoms with Gasteiger partial charge in [-0.1, -0.05) is 24.3 Å². The summed E-state index contributed by atoms with van der Waals surface area (Å²) in [6, 6.07) is 8.42. The van der Waals surface area contributed by atoms with E-state index in [1.807, 2.05) is 105 Å². The molecule has 7 heteroatoms. The van der Waals surface area contributed by atoms with Crippen LogP contribution in [0.1, 0.15) is 44.5 Å². The molecule has 0 unspecified atom stereocenters. The molecule has 35 heavy (non-hydrogen) atoms. The van der Waals surface area contributed by atoms with Crippen LogP contribution in [0.2, 0.25) is 0 Å². The van der Waals surface area contributed by atoms with E-state index in [9.17, 15) is 0 Å². The molecule has 4 rings (SSSR count). The molecule has 0 aromatic carbocycles. The van der Waals surface area contributed by atoms with Crippen molar-refractivity contribution in [3.8, 4) is 0 Å². The molecule has 191 valence electrons. The second-order valence-corrected chi connectivity index (χ2v) is 10.7. The molecule has 4 aromatic rings. The molecule has 0 bridgehead atoms. The normalized spacial score (nSPS) is 9.09. The van der Waals surface area contributed by atoms with Crippen LogP contribution >= 0.6 is 19.4 Å². The Bertz CT molecular complexity index is 864. The molecule has 0 aliphatic carbocycles. The van der Waals surface area contributed by atoms with Gasteiger partial charge in [-0.05, 0) is 99.9 Å². The van der Waals surface area contributed by atoms with Crippen LogP contribution in [0.15, 0.2) is 73.8 Å². The second kappa shape index (κ2) is 20.0. The molecular formula is C28H36Cl2N4Rh. The predicted octanol–water partition coefficient (Wildman–Crippen LogP) is 8.17. The van der Waals surface area contributed by atoms with Gasteiger partial charge in [0.15, 0.2) is 0 Å². The number of halogens is 2. The Balaban J connectivity index is 0.000000424. The van der Waals surface area contributed by atoms with Gasteiger partial charge in [-0.3, -0.25) is 19.9 Å².